The smallest absolute Gasteiger partial charge is 0.272 e. The molecule has 7 nitrogen and oxygen atoms in total. The Kier molecular flexibility index (Phi) is 5.68. The molecule has 0 unspecified atom stereocenters. The average Bonchev–Trinajstić information content (AvgIpc) is 3.33. The number of aromatic nitrogens is 2. The third kappa shape index (κ3) is 4.14. The molecule has 0 spiro atoms. The minimum Gasteiger partial charge on any atom is -0.364 e. The van der Waals surface area contributed by atoms with Crippen molar-refractivity contribution in [1.82, 2.24) is 19.8 Å². The first-order valence-corrected chi connectivity index (χ1v) is 11.1. The van der Waals surface area contributed by atoms with E-state index in [1.165, 1.54) is 12.1 Å². The van der Waals surface area contributed by atoms with Crippen LogP contribution in [0.2, 0.25) is 0 Å². The van der Waals surface area contributed by atoms with Gasteiger partial charge in [-0.15, -0.1) is 0 Å². The van der Waals surface area contributed by atoms with Gasteiger partial charge < -0.3 is 19.5 Å². The number of halogens is 1. The summed E-state index contributed by atoms with van der Waals surface area (Å²) >= 11 is 0. The van der Waals surface area contributed by atoms with Crippen molar-refractivity contribution in [3.8, 4) is 11.1 Å². The van der Waals surface area contributed by atoms with Crippen LogP contribution in [-0.4, -0.2) is 58.1 Å². The van der Waals surface area contributed by atoms with Gasteiger partial charge in [-0.2, -0.15) is 0 Å². The number of hydrogen-bond acceptors (Lipinski definition) is 4. The van der Waals surface area contributed by atoms with E-state index in [0.29, 0.717) is 25.2 Å². The van der Waals surface area contributed by atoms with Gasteiger partial charge in [0.25, 0.3) is 5.91 Å². The number of likely N-dealkylation sites (tertiary alicyclic amines) is 1. The van der Waals surface area contributed by atoms with Crippen LogP contribution in [0.15, 0.2) is 61.1 Å². The summed E-state index contributed by atoms with van der Waals surface area (Å²) in [6, 6.07) is 14.1. The number of imidazole rings is 1. The Bertz CT molecular complexity index is 1180. The van der Waals surface area contributed by atoms with Crippen LogP contribution in [-0.2, 0) is 9.53 Å². The molecular weight excluding hydrogens is 423 g/mol. The highest BCUT2D eigenvalue weighted by atomic mass is 19.1. The lowest BCUT2D eigenvalue weighted by molar-refractivity contribution is -0.139. The molecule has 0 aliphatic carbocycles. The number of amides is 2. The molecule has 2 amide bonds. The molecule has 5 rings (SSSR count). The summed E-state index contributed by atoms with van der Waals surface area (Å²) in [5.41, 5.74) is 3.39. The molecule has 1 aromatic heterocycles. The SMILES string of the molecule is C[C@@H](c1ccccc1-c1ccc(F)cc1)n1cncc1C(=O)N1CC[C@H]2NC(=O)CO[C@@H]2C1. The van der Waals surface area contributed by atoms with Crippen molar-refractivity contribution in [2.24, 2.45) is 0 Å². The Morgan fingerprint density at radius 2 is 2.00 bits per heavy atom. The van der Waals surface area contributed by atoms with E-state index in [-0.39, 0.29) is 42.4 Å². The van der Waals surface area contributed by atoms with Gasteiger partial charge in [-0.1, -0.05) is 36.4 Å². The van der Waals surface area contributed by atoms with Gasteiger partial charge in [0.1, 0.15) is 18.1 Å². The number of nitrogens with one attached hydrogen (secondary N) is 1. The quantitative estimate of drug-likeness (QED) is 0.666. The van der Waals surface area contributed by atoms with Crippen molar-refractivity contribution in [2.75, 3.05) is 19.7 Å². The Labute approximate surface area is 191 Å². The van der Waals surface area contributed by atoms with Crippen LogP contribution in [0.4, 0.5) is 4.39 Å². The second-order valence-electron chi connectivity index (χ2n) is 8.52. The topological polar surface area (TPSA) is 76.5 Å². The van der Waals surface area contributed by atoms with Gasteiger partial charge in [0.2, 0.25) is 5.91 Å². The lowest BCUT2D eigenvalue weighted by Gasteiger charge is -2.41. The summed E-state index contributed by atoms with van der Waals surface area (Å²) in [6.07, 6.45) is 3.71. The van der Waals surface area contributed by atoms with Crippen LogP contribution in [0.3, 0.4) is 0 Å². The number of benzene rings is 2. The molecule has 33 heavy (non-hydrogen) atoms. The minimum atomic E-state index is -0.281. The standard InChI is InChI=1S/C25H25FN4O3/c1-16(19-4-2-3-5-20(19)17-6-8-18(26)9-7-17)30-15-27-12-22(30)25(32)29-11-10-21-23(13-29)33-14-24(31)28-21/h2-9,12,15-16,21,23H,10-11,13-14H2,1H3,(H,28,31)/t16-,21+,23+/m0/s1. The molecule has 0 radical (unpaired) electrons. The second kappa shape index (κ2) is 8.78. The summed E-state index contributed by atoms with van der Waals surface area (Å²) in [7, 11) is 0. The number of nitrogens with zero attached hydrogens (tertiary/aromatic N) is 3. The number of hydrogen-bond donors (Lipinski definition) is 1. The average molecular weight is 448 g/mol. The van der Waals surface area contributed by atoms with Gasteiger partial charge in [-0.25, -0.2) is 9.37 Å². The van der Waals surface area contributed by atoms with Crippen LogP contribution in [0.25, 0.3) is 11.1 Å². The maximum Gasteiger partial charge on any atom is 0.272 e. The third-order valence-electron chi connectivity index (χ3n) is 6.49. The van der Waals surface area contributed by atoms with Gasteiger partial charge in [0.15, 0.2) is 0 Å². The Balaban J connectivity index is 1.40. The number of fused-ring (bicyclic) bond motifs is 1. The molecule has 3 atom stereocenters. The second-order valence-corrected chi connectivity index (χ2v) is 8.52. The van der Waals surface area contributed by atoms with Crippen molar-refractivity contribution in [2.45, 2.75) is 31.5 Å². The van der Waals surface area contributed by atoms with Crippen molar-refractivity contribution in [3.63, 3.8) is 0 Å². The van der Waals surface area contributed by atoms with E-state index in [2.05, 4.69) is 10.3 Å². The molecule has 2 aliphatic heterocycles. The first kappa shape index (κ1) is 21.3. The Morgan fingerprint density at radius 3 is 2.82 bits per heavy atom. The Morgan fingerprint density at radius 1 is 1.21 bits per heavy atom. The highest BCUT2D eigenvalue weighted by Gasteiger charge is 2.37. The fourth-order valence-corrected chi connectivity index (χ4v) is 4.71. The monoisotopic (exact) mass is 448 g/mol. The van der Waals surface area contributed by atoms with Gasteiger partial charge in [-0.05, 0) is 42.2 Å². The molecule has 8 heteroatoms. The summed E-state index contributed by atoms with van der Waals surface area (Å²) in [4.78, 5) is 31.0. The summed E-state index contributed by atoms with van der Waals surface area (Å²) in [5, 5.41) is 2.95. The lowest BCUT2D eigenvalue weighted by Crippen LogP contribution is -2.60. The van der Waals surface area contributed by atoms with Crippen LogP contribution >= 0.6 is 0 Å². The summed E-state index contributed by atoms with van der Waals surface area (Å²) in [5.74, 6) is -0.502. The highest BCUT2D eigenvalue weighted by molar-refractivity contribution is 5.92. The molecule has 0 bridgehead atoms. The molecule has 1 N–H and O–H groups in total. The highest BCUT2D eigenvalue weighted by Crippen LogP contribution is 2.31. The van der Waals surface area contributed by atoms with Crippen molar-refractivity contribution in [3.05, 3.63) is 78.1 Å². The van der Waals surface area contributed by atoms with Crippen LogP contribution in [0.5, 0.6) is 0 Å². The molecule has 170 valence electrons. The molecule has 2 aliphatic rings. The van der Waals surface area contributed by atoms with Gasteiger partial charge >= 0.3 is 0 Å². The number of ether oxygens (including phenoxy) is 1. The van der Waals surface area contributed by atoms with Gasteiger partial charge in [-0.3, -0.25) is 9.59 Å². The molecule has 0 saturated carbocycles. The van der Waals surface area contributed by atoms with Gasteiger partial charge in [0.05, 0.1) is 30.7 Å². The molecule has 2 saturated heterocycles. The van der Waals surface area contributed by atoms with E-state index < -0.39 is 0 Å². The maximum atomic E-state index is 13.4. The molecular formula is C25H25FN4O3. The molecule has 2 aromatic carbocycles. The van der Waals surface area contributed by atoms with Crippen molar-refractivity contribution >= 4 is 11.8 Å². The van der Waals surface area contributed by atoms with E-state index in [0.717, 1.165) is 16.7 Å². The van der Waals surface area contributed by atoms with E-state index >= 15 is 0 Å². The largest absolute Gasteiger partial charge is 0.364 e. The summed E-state index contributed by atoms with van der Waals surface area (Å²) < 4.78 is 21.0. The number of rotatable bonds is 4. The minimum absolute atomic E-state index is 0.0261. The predicted octanol–water partition coefficient (Wildman–Crippen LogP) is 3.03. The predicted molar refractivity (Wildman–Crippen MR) is 120 cm³/mol. The zero-order valence-corrected chi connectivity index (χ0v) is 18.3. The van der Waals surface area contributed by atoms with Crippen LogP contribution < -0.4 is 5.32 Å². The lowest BCUT2D eigenvalue weighted by atomic mass is 9.95. The fourth-order valence-electron chi connectivity index (χ4n) is 4.71. The van der Waals surface area contributed by atoms with Crippen LogP contribution in [0, 0.1) is 5.82 Å². The van der Waals surface area contributed by atoms with E-state index in [1.807, 2.05) is 35.8 Å². The van der Waals surface area contributed by atoms with Crippen molar-refractivity contribution in [1.29, 1.82) is 0 Å². The molecule has 2 fully saturated rings. The number of carbonyl (C=O) groups is 2. The van der Waals surface area contributed by atoms with Crippen LogP contribution in [0.1, 0.15) is 35.4 Å². The summed E-state index contributed by atoms with van der Waals surface area (Å²) in [6.45, 7) is 3.01. The first-order valence-electron chi connectivity index (χ1n) is 11.1. The van der Waals surface area contributed by atoms with E-state index in [4.69, 9.17) is 4.74 Å². The van der Waals surface area contributed by atoms with E-state index in [1.54, 1.807) is 29.6 Å². The zero-order chi connectivity index (χ0) is 22.9. The van der Waals surface area contributed by atoms with Gasteiger partial charge in [0, 0.05) is 13.1 Å². The normalized spacial score (nSPS) is 21.3. The molecule has 3 heterocycles. The Hall–Kier alpha value is -3.52. The molecule has 3 aromatic rings. The van der Waals surface area contributed by atoms with E-state index in [9.17, 15) is 14.0 Å². The fraction of sp³-hybridized carbons (Fsp3) is 0.320. The van der Waals surface area contributed by atoms with Crippen molar-refractivity contribution < 1.29 is 18.7 Å². The first-order chi connectivity index (χ1) is 16.0. The maximum absolute atomic E-state index is 13.4. The third-order valence-corrected chi connectivity index (χ3v) is 6.49. The number of piperidine rings is 1. The number of carbonyl (C=O) groups excluding carboxylic acids is 2. The zero-order valence-electron chi connectivity index (χ0n) is 18.3. The number of morpholine rings is 1.